The number of fused-ring (bicyclic) bond motifs is 1. The van der Waals surface area contributed by atoms with Gasteiger partial charge in [0.2, 0.25) is 5.91 Å². The Hall–Kier alpha value is -0.870. The minimum Gasteiger partial charge on any atom is -0.355 e. The van der Waals surface area contributed by atoms with E-state index < -0.39 is 0 Å². The van der Waals surface area contributed by atoms with Crippen LogP contribution in [0.25, 0.3) is 0 Å². The standard InChI is InChI=1S/C14H17BrN2O/c15-11-5-3-10(4-6-11)12-9-17-8-2-1-7-16-14(18)13(12)17/h3-6,12-13H,1-2,7-9H2,(H,16,18)/t12-,13-/m1/s1. The van der Waals surface area contributed by atoms with Gasteiger partial charge in [0, 0.05) is 23.5 Å². The lowest BCUT2D eigenvalue weighted by Crippen LogP contribution is -2.62. The Balaban J connectivity index is 1.78. The van der Waals surface area contributed by atoms with Gasteiger partial charge in [-0.05, 0) is 37.1 Å². The van der Waals surface area contributed by atoms with Crippen molar-refractivity contribution in [1.82, 2.24) is 10.2 Å². The fourth-order valence-corrected chi connectivity index (χ4v) is 3.18. The lowest BCUT2D eigenvalue weighted by molar-refractivity contribution is -0.133. The lowest BCUT2D eigenvalue weighted by Gasteiger charge is -2.48. The van der Waals surface area contributed by atoms with Gasteiger partial charge in [-0.15, -0.1) is 0 Å². The summed E-state index contributed by atoms with van der Waals surface area (Å²) >= 11 is 3.45. The molecule has 0 aromatic heterocycles. The van der Waals surface area contributed by atoms with E-state index in [-0.39, 0.29) is 11.9 Å². The molecule has 18 heavy (non-hydrogen) atoms. The number of amides is 1. The molecule has 2 aliphatic heterocycles. The Labute approximate surface area is 116 Å². The van der Waals surface area contributed by atoms with Gasteiger partial charge in [-0.1, -0.05) is 28.1 Å². The third-order valence-corrected chi connectivity index (χ3v) is 4.47. The van der Waals surface area contributed by atoms with Crippen LogP contribution in [0.3, 0.4) is 0 Å². The molecule has 0 saturated carbocycles. The number of carbonyl (C=O) groups is 1. The van der Waals surface area contributed by atoms with Crippen LogP contribution in [0.1, 0.15) is 24.3 Å². The Morgan fingerprint density at radius 1 is 1.22 bits per heavy atom. The molecule has 1 amide bonds. The van der Waals surface area contributed by atoms with E-state index in [1.54, 1.807) is 0 Å². The van der Waals surface area contributed by atoms with Gasteiger partial charge in [0.25, 0.3) is 0 Å². The summed E-state index contributed by atoms with van der Waals surface area (Å²) in [4.78, 5) is 14.4. The van der Waals surface area contributed by atoms with E-state index in [1.807, 2.05) is 0 Å². The number of carbonyl (C=O) groups excluding carboxylic acids is 1. The van der Waals surface area contributed by atoms with Crippen molar-refractivity contribution >= 4 is 21.8 Å². The Morgan fingerprint density at radius 2 is 2.00 bits per heavy atom. The summed E-state index contributed by atoms with van der Waals surface area (Å²) in [6, 6.07) is 8.40. The summed E-state index contributed by atoms with van der Waals surface area (Å²) in [7, 11) is 0. The highest BCUT2D eigenvalue weighted by atomic mass is 79.9. The Morgan fingerprint density at radius 3 is 2.78 bits per heavy atom. The zero-order valence-corrected chi connectivity index (χ0v) is 11.8. The quantitative estimate of drug-likeness (QED) is 0.862. The zero-order valence-electron chi connectivity index (χ0n) is 10.2. The average molecular weight is 309 g/mol. The topological polar surface area (TPSA) is 32.3 Å². The number of hydrogen-bond donors (Lipinski definition) is 1. The molecule has 2 aliphatic rings. The second kappa shape index (κ2) is 5.02. The molecule has 0 aliphatic carbocycles. The molecular weight excluding hydrogens is 292 g/mol. The van der Waals surface area contributed by atoms with Gasteiger partial charge < -0.3 is 5.32 Å². The van der Waals surface area contributed by atoms with Crippen LogP contribution in [0.2, 0.25) is 0 Å². The van der Waals surface area contributed by atoms with Crippen LogP contribution < -0.4 is 5.32 Å². The molecule has 0 spiro atoms. The smallest absolute Gasteiger partial charge is 0.238 e. The van der Waals surface area contributed by atoms with Crippen molar-refractivity contribution in [3.05, 3.63) is 34.3 Å². The van der Waals surface area contributed by atoms with Crippen molar-refractivity contribution in [2.75, 3.05) is 19.6 Å². The van der Waals surface area contributed by atoms with E-state index in [0.717, 1.165) is 30.5 Å². The second-order valence-electron chi connectivity index (χ2n) is 5.10. The maximum absolute atomic E-state index is 12.1. The van der Waals surface area contributed by atoms with Crippen LogP contribution in [-0.2, 0) is 4.79 Å². The first-order chi connectivity index (χ1) is 8.75. The van der Waals surface area contributed by atoms with Crippen LogP contribution in [0.15, 0.2) is 28.7 Å². The van der Waals surface area contributed by atoms with Gasteiger partial charge in [0.1, 0.15) is 0 Å². The van der Waals surface area contributed by atoms with Gasteiger partial charge in [0.15, 0.2) is 0 Å². The highest BCUT2D eigenvalue weighted by molar-refractivity contribution is 9.10. The third kappa shape index (κ3) is 2.19. The van der Waals surface area contributed by atoms with E-state index >= 15 is 0 Å². The third-order valence-electron chi connectivity index (χ3n) is 3.94. The first-order valence-electron chi connectivity index (χ1n) is 6.53. The van der Waals surface area contributed by atoms with Crippen molar-refractivity contribution < 1.29 is 4.79 Å². The maximum Gasteiger partial charge on any atom is 0.238 e. The maximum atomic E-state index is 12.1. The molecular formula is C14H17BrN2O. The van der Waals surface area contributed by atoms with Gasteiger partial charge in [-0.25, -0.2) is 0 Å². The van der Waals surface area contributed by atoms with E-state index in [9.17, 15) is 4.79 Å². The number of benzene rings is 1. The van der Waals surface area contributed by atoms with Gasteiger partial charge >= 0.3 is 0 Å². The van der Waals surface area contributed by atoms with Crippen LogP contribution in [0, 0.1) is 0 Å². The number of rotatable bonds is 1. The molecule has 2 saturated heterocycles. The van der Waals surface area contributed by atoms with E-state index in [2.05, 4.69) is 50.4 Å². The second-order valence-corrected chi connectivity index (χ2v) is 6.01. The largest absolute Gasteiger partial charge is 0.355 e. The summed E-state index contributed by atoms with van der Waals surface area (Å²) in [6.07, 6.45) is 2.28. The average Bonchev–Trinajstić information content (AvgIpc) is 2.32. The van der Waals surface area contributed by atoms with Crippen LogP contribution in [0.4, 0.5) is 0 Å². The van der Waals surface area contributed by atoms with Crippen molar-refractivity contribution in [1.29, 1.82) is 0 Å². The highest BCUT2D eigenvalue weighted by Gasteiger charge is 2.44. The van der Waals surface area contributed by atoms with E-state index in [4.69, 9.17) is 0 Å². The first-order valence-corrected chi connectivity index (χ1v) is 7.32. The zero-order chi connectivity index (χ0) is 12.5. The Bertz CT molecular complexity index is 446. The van der Waals surface area contributed by atoms with E-state index in [0.29, 0.717) is 5.92 Å². The fourth-order valence-electron chi connectivity index (χ4n) is 2.92. The molecule has 2 atom stereocenters. The molecule has 1 aromatic rings. The van der Waals surface area contributed by atoms with Crippen molar-refractivity contribution in [2.24, 2.45) is 0 Å². The molecule has 0 bridgehead atoms. The molecule has 3 rings (SSSR count). The fraction of sp³-hybridized carbons (Fsp3) is 0.500. The number of halogens is 1. The summed E-state index contributed by atoms with van der Waals surface area (Å²) in [5.41, 5.74) is 1.27. The SMILES string of the molecule is O=C1NCCCCN2C[C@H](c3ccc(Br)cc3)[C@H]12. The van der Waals surface area contributed by atoms with Crippen molar-refractivity contribution in [2.45, 2.75) is 24.8 Å². The van der Waals surface area contributed by atoms with Crippen molar-refractivity contribution in [3.63, 3.8) is 0 Å². The Kier molecular flexibility index (Phi) is 3.39. The predicted octanol–water partition coefficient (Wildman–Crippen LogP) is 2.13. The molecule has 1 aromatic carbocycles. The number of nitrogens with zero attached hydrogens (tertiary/aromatic N) is 1. The van der Waals surface area contributed by atoms with Gasteiger partial charge in [-0.2, -0.15) is 0 Å². The van der Waals surface area contributed by atoms with E-state index in [1.165, 1.54) is 12.0 Å². The molecule has 0 radical (unpaired) electrons. The monoisotopic (exact) mass is 308 g/mol. The first kappa shape index (κ1) is 12.2. The number of hydrogen-bond acceptors (Lipinski definition) is 2. The van der Waals surface area contributed by atoms with Gasteiger partial charge in [0.05, 0.1) is 6.04 Å². The normalized spacial score (nSPS) is 28.6. The molecule has 1 N–H and O–H groups in total. The minimum atomic E-state index is 0.0477. The molecule has 4 heteroatoms. The molecule has 3 nitrogen and oxygen atoms in total. The molecule has 0 unspecified atom stereocenters. The molecule has 96 valence electrons. The highest BCUT2D eigenvalue weighted by Crippen LogP contribution is 2.35. The van der Waals surface area contributed by atoms with Gasteiger partial charge in [-0.3, -0.25) is 9.69 Å². The van der Waals surface area contributed by atoms with Crippen LogP contribution in [-0.4, -0.2) is 36.5 Å². The minimum absolute atomic E-state index is 0.0477. The summed E-state index contributed by atoms with van der Waals surface area (Å²) in [5.74, 6) is 0.560. The summed E-state index contributed by atoms with van der Waals surface area (Å²) < 4.78 is 1.09. The van der Waals surface area contributed by atoms with Crippen LogP contribution >= 0.6 is 15.9 Å². The lowest BCUT2D eigenvalue weighted by atomic mass is 9.81. The summed E-state index contributed by atoms with van der Waals surface area (Å²) in [6.45, 7) is 2.90. The predicted molar refractivity (Wildman–Crippen MR) is 74.5 cm³/mol. The molecule has 2 fully saturated rings. The van der Waals surface area contributed by atoms with Crippen molar-refractivity contribution in [3.8, 4) is 0 Å². The van der Waals surface area contributed by atoms with Crippen LogP contribution in [0.5, 0.6) is 0 Å². The summed E-state index contributed by atoms with van der Waals surface area (Å²) in [5, 5.41) is 3.04. The number of nitrogens with one attached hydrogen (secondary N) is 1. The molecule has 2 heterocycles.